The predicted molar refractivity (Wildman–Crippen MR) is 118 cm³/mol. The SMILES string of the molecule is CC(C)(C)OC(=O)N1CCCCC1COc1noc2cccc(OC3CCCCC3=O)c12. The lowest BCUT2D eigenvalue weighted by Crippen LogP contribution is -2.48. The zero-order valence-corrected chi connectivity index (χ0v) is 19.1. The minimum atomic E-state index is -0.551. The Bertz CT molecular complexity index is 963. The maximum absolute atomic E-state index is 12.7. The molecule has 1 aliphatic carbocycles. The third-order valence-electron chi connectivity index (χ3n) is 5.86. The number of aromatic nitrogens is 1. The highest BCUT2D eigenvalue weighted by Crippen LogP contribution is 2.36. The summed E-state index contributed by atoms with van der Waals surface area (Å²) in [6.07, 6.45) is 5.17. The van der Waals surface area contributed by atoms with Crippen LogP contribution in [0.5, 0.6) is 11.6 Å². The van der Waals surface area contributed by atoms with Crippen molar-refractivity contribution in [1.29, 1.82) is 0 Å². The average molecular weight is 445 g/mol. The maximum Gasteiger partial charge on any atom is 0.410 e. The van der Waals surface area contributed by atoms with Gasteiger partial charge in [0, 0.05) is 13.0 Å². The third-order valence-corrected chi connectivity index (χ3v) is 5.86. The first kappa shape index (κ1) is 22.4. The van der Waals surface area contributed by atoms with E-state index >= 15 is 0 Å². The summed E-state index contributed by atoms with van der Waals surface area (Å²) in [7, 11) is 0. The lowest BCUT2D eigenvalue weighted by atomic mass is 9.96. The number of benzene rings is 1. The van der Waals surface area contributed by atoms with Gasteiger partial charge in [0.1, 0.15) is 23.3 Å². The van der Waals surface area contributed by atoms with Gasteiger partial charge in [-0.2, -0.15) is 0 Å². The van der Waals surface area contributed by atoms with E-state index in [1.54, 1.807) is 11.0 Å². The van der Waals surface area contributed by atoms with Crippen molar-refractivity contribution in [2.45, 2.75) is 83.5 Å². The molecule has 0 N–H and O–H groups in total. The molecule has 32 heavy (non-hydrogen) atoms. The summed E-state index contributed by atoms with van der Waals surface area (Å²) in [4.78, 5) is 26.7. The Morgan fingerprint density at radius 1 is 1.19 bits per heavy atom. The fraction of sp³-hybridized carbons (Fsp3) is 0.625. The molecule has 4 rings (SSSR count). The molecule has 1 aliphatic heterocycles. The van der Waals surface area contributed by atoms with Crippen molar-refractivity contribution in [3.05, 3.63) is 18.2 Å². The van der Waals surface area contributed by atoms with Gasteiger partial charge in [0.2, 0.25) is 0 Å². The van der Waals surface area contributed by atoms with Gasteiger partial charge in [-0.25, -0.2) is 4.79 Å². The Labute approximate surface area is 188 Å². The van der Waals surface area contributed by atoms with Crippen molar-refractivity contribution in [1.82, 2.24) is 10.1 Å². The van der Waals surface area contributed by atoms with E-state index in [-0.39, 0.29) is 24.5 Å². The van der Waals surface area contributed by atoms with Crippen molar-refractivity contribution in [2.75, 3.05) is 13.2 Å². The third kappa shape index (κ3) is 5.16. The molecule has 1 aromatic carbocycles. The standard InChI is InChI=1S/C24H32N2O6/c1-24(2,3)31-23(28)26-14-7-6-9-16(26)15-29-22-21-19(12-8-13-20(21)32-25-22)30-18-11-5-4-10-17(18)27/h8,12-13,16,18H,4-7,9-11,14-15H2,1-3H3. The average Bonchev–Trinajstić information content (AvgIpc) is 3.17. The molecular formula is C24H32N2O6. The number of fused-ring (bicyclic) bond motifs is 1. The van der Waals surface area contributed by atoms with Gasteiger partial charge in [-0.15, -0.1) is 0 Å². The molecule has 2 fully saturated rings. The molecule has 1 aromatic heterocycles. The molecule has 2 aliphatic rings. The summed E-state index contributed by atoms with van der Waals surface area (Å²) in [5.74, 6) is 0.975. The van der Waals surface area contributed by atoms with Gasteiger partial charge in [-0.05, 0) is 76.6 Å². The molecule has 2 aromatic rings. The summed E-state index contributed by atoms with van der Waals surface area (Å²) < 4.78 is 23.1. The maximum atomic E-state index is 12.7. The Kier molecular flexibility index (Phi) is 6.58. The number of ether oxygens (including phenoxy) is 3. The van der Waals surface area contributed by atoms with Gasteiger partial charge < -0.3 is 23.6 Å². The molecule has 0 radical (unpaired) electrons. The van der Waals surface area contributed by atoms with Crippen LogP contribution in [0.2, 0.25) is 0 Å². The largest absolute Gasteiger partial charge is 0.482 e. The van der Waals surface area contributed by atoms with E-state index in [4.69, 9.17) is 18.7 Å². The van der Waals surface area contributed by atoms with Crippen molar-refractivity contribution in [2.24, 2.45) is 0 Å². The monoisotopic (exact) mass is 444 g/mol. The Balaban J connectivity index is 1.49. The lowest BCUT2D eigenvalue weighted by Gasteiger charge is -2.36. The number of carbonyl (C=O) groups excluding carboxylic acids is 2. The molecule has 1 amide bonds. The summed E-state index contributed by atoms with van der Waals surface area (Å²) in [6.45, 7) is 6.50. The molecule has 0 spiro atoms. The number of ketones is 1. The second kappa shape index (κ2) is 9.38. The zero-order valence-electron chi connectivity index (χ0n) is 19.1. The first-order valence-corrected chi connectivity index (χ1v) is 11.5. The molecule has 2 unspecified atom stereocenters. The zero-order chi connectivity index (χ0) is 22.7. The van der Waals surface area contributed by atoms with E-state index in [1.807, 2.05) is 32.9 Å². The Hall–Kier alpha value is -2.77. The first-order valence-electron chi connectivity index (χ1n) is 11.5. The number of carbonyl (C=O) groups is 2. The van der Waals surface area contributed by atoms with E-state index in [2.05, 4.69) is 5.16 Å². The number of Topliss-reactive ketones (excluding diaryl/α,β-unsaturated/α-hetero) is 1. The van der Waals surface area contributed by atoms with E-state index in [9.17, 15) is 9.59 Å². The van der Waals surface area contributed by atoms with Gasteiger partial charge in [0.15, 0.2) is 17.5 Å². The van der Waals surface area contributed by atoms with Crippen LogP contribution in [0.25, 0.3) is 11.0 Å². The van der Waals surface area contributed by atoms with Crippen LogP contribution in [0.15, 0.2) is 22.7 Å². The Morgan fingerprint density at radius 3 is 2.78 bits per heavy atom. The van der Waals surface area contributed by atoms with Gasteiger partial charge in [0.05, 0.1) is 6.04 Å². The second-order valence-corrected chi connectivity index (χ2v) is 9.57. The highest BCUT2D eigenvalue weighted by Gasteiger charge is 2.32. The normalized spacial score (nSPS) is 22.1. The molecule has 2 atom stereocenters. The van der Waals surface area contributed by atoms with Crippen LogP contribution in [-0.2, 0) is 9.53 Å². The highest BCUT2D eigenvalue weighted by molar-refractivity contribution is 5.90. The van der Waals surface area contributed by atoms with Gasteiger partial charge in [-0.3, -0.25) is 4.79 Å². The molecule has 1 saturated heterocycles. The van der Waals surface area contributed by atoms with Crippen LogP contribution < -0.4 is 9.47 Å². The lowest BCUT2D eigenvalue weighted by molar-refractivity contribution is -0.127. The number of rotatable bonds is 5. The smallest absolute Gasteiger partial charge is 0.410 e. The first-order chi connectivity index (χ1) is 15.3. The van der Waals surface area contributed by atoms with Crippen molar-refractivity contribution in [3.8, 4) is 11.6 Å². The van der Waals surface area contributed by atoms with Crippen LogP contribution in [0.4, 0.5) is 4.79 Å². The van der Waals surface area contributed by atoms with Crippen LogP contribution in [0, 0.1) is 0 Å². The number of nitrogens with zero attached hydrogens (tertiary/aromatic N) is 2. The van der Waals surface area contributed by atoms with E-state index in [1.165, 1.54) is 0 Å². The molecule has 8 nitrogen and oxygen atoms in total. The van der Waals surface area contributed by atoms with Gasteiger partial charge >= 0.3 is 6.09 Å². The van der Waals surface area contributed by atoms with E-state index in [0.29, 0.717) is 42.0 Å². The minimum absolute atomic E-state index is 0.113. The van der Waals surface area contributed by atoms with Crippen molar-refractivity contribution < 1.29 is 28.3 Å². The fourth-order valence-electron chi connectivity index (χ4n) is 4.27. The van der Waals surface area contributed by atoms with Crippen LogP contribution in [-0.4, -0.2) is 52.8 Å². The summed E-state index contributed by atoms with van der Waals surface area (Å²) in [5.41, 5.74) is -0.0150. The molecule has 8 heteroatoms. The highest BCUT2D eigenvalue weighted by atomic mass is 16.6. The number of hydrogen-bond donors (Lipinski definition) is 0. The number of amides is 1. The minimum Gasteiger partial charge on any atom is -0.482 e. The van der Waals surface area contributed by atoms with E-state index < -0.39 is 11.7 Å². The molecule has 0 bridgehead atoms. The Morgan fingerprint density at radius 2 is 2.00 bits per heavy atom. The number of hydrogen-bond acceptors (Lipinski definition) is 7. The van der Waals surface area contributed by atoms with Gasteiger partial charge in [-0.1, -0.05) is 6.07 Å². The molecule has 1 saturated carbocycles. The van der Waals surface area contributed by atoms with Crippen LogP contribution >= 0.6 is 0 Å². The number of likely N-dealkylation sites (tertiary alicyclic amines) is 1. The van der Waals surface area contributed by atoms with E-state index in [0.717, 1.165) is 32.1 Å². The molecular weight excluding hydrogens is 412 g/mol. The predicted octanol–water partition coefficient (Wildman–Crippen LogP) is 4.89. The quantitative estimate of drug-likeness (QED) is 0.648. The summed E-state index contributed by atoms with van der Waals surface area (Å²) in [6, 6.07) is 5.30. The van der Waals surface area contributed by atoms with Crippen molar-refractivity contribution in [3.63, 3.8) is 0 Å². The van der Waals surface area contributed by atoms with Crippen LogP contribution in [0.1, 0.15) is 65.7 Å². The van der Waals surface area contributed by atoms with Gasteiger partial charge in [0.25, 0.3) is 5.88 Å². The fourth-order valence-corrected chi connectivity index (χ4v) is 4.27. The molecule has 2 heterocycles. The number of piperidine rings is 1. The molecule has 174 valence electrons. The summed E-state index contributed by atoms with van der Waals surface area (Å²) >= 11 is 0. The summed E-state index contributed by atoms with van der Waals surface area (Å²) in [5, 5.41) is 4.70. The second-order valence-electron chi connectivity index (χ2n) is 9.57. The topological polar surface area (TPSA) is 91.1 Å². The van der Waals surface area contributed by atoms with Crippen LogP contribution in [0.3, 0.4) is 0 Å². The van der Waals surface area contributed by atoms with Crippen molar-refractivity contribution >= 4 is 22.8 Å².